The Morgan fingerprint density at radius 1 is 1.12 bits per heavy atom. The van der Waals surface area contributed by atoms with Gasteiger partial charge in [0.05, 0.1) is 7.11 Å². The molecule has 1 saturated heterocycles. The van der Waals surface area contributed by atoms with E-state index in [0.29, 0.717) is 50.4 Å². The van der Waals surface area contributed by atoms with E-state index in [2.05, 4.69) is 10.6 Å². The van der Waals surface area contributed by atoms with Crippen molar-refractivity contribution >= 4 is 23.7 Å². The second kappa shape index (κ2) is 8.91. The quantitative estimate of drug-likeness (QED) is 0.870. The highest BCUT2D eigenvalue weighted by Gasteiger charge is 2.22. The zero-order chi connectivity index (χ0) is 18.2. The number of methoxy groups -OCH3 is 1. The standard InChI is InChI=1S/C17H24N4O4/c1-3-18-15(22)13-6-4-7-14(12-13)19-16(23)20-8-5-9-21(11-10-20)17(24)25-2/h4,6-7,12H,3,5,8-11H2,1-2H3,(H,18,22)(H,19,23). The number of carbonyl (C=O) groups is 3. The average molecular weight is 348 g/mol. The number of hydrogen-bond acceptors (Lipinski definition) is 4. The third-order valence-corrected chi connectivity index (χ3v) is 3.93. The SMILES string of the molecule is CCNC(=O)c1cccc(NC(=O)N2CCCN(C(=O)OC)CC2)c1. The lowest BCUT2D eigenvalue weighted by molar-refractivity contribution is 0.0955. The van der Waals surface area contributed by atoms with Gasteiger partial charge in [-0.25, -0.2) is 9.59 Å². The van der Waals surface area contributed by atoms with Crippen molar-refractivity contribution in [3.8, 4) is 0 Å². The largest absolute Gasteiger partial charge is 0.453 e. The Kier molecular flexibility index (Phi) is 6.62. The number of ether oxygens (including phenoxy) is 1. The minimum Gasteiger partial charge on any atom is -0.453 e. The third kappa shape index (κ3) is 5.10. The smallest absolute Gasteiger partial charge is 0.409 e. The fourth-order valence-corrected chi connectivity index (χ4v) is 2.64. The van der Waals surface area contributed by atoms with Gasteiger partial charge < -0.3 is 25.2 Å². The first-order chi connectivity index (χ1) is 12.0. The molecule has 1 heterocycles. The minimum atomic E-state index is -0.378. The van der Waals surface area contributed by atoms with Gasteiger partial charge in [0, 0.05) is 44.0 Å². The second-order valence-electron chi connectivity index (χ2n) is 5.67. The Hall–Kier alpha value is -2.77. The maximum atomic E-state index is 12.5. The summed E-state index contributed by atoms with van der Waals surface area (Å²) in [6.45, 7) is 4.36. The molecule has 4 amide bonds. The summed E-state index contributed by atoms with van der Waals surface area (Å²) in [4.78, 5) is 39.2. The number of nitrogens with zero attached hydrogens (tertiary/aromatic N) is 2. The Bertz CT molecular complexity index is 635. The van der Waals surface area contributed by atoms with Gasteiger partial charge in [-0.15, -0.1) is 0 Å². The molecule has 2 rings (SSSR count). The van der Waals surface area contributed by atoms with Crippen LogP contribution in [0.2, 0.25) is 0 Å². The molecule has 8 nitrogen and oxygen atoms in total. The van der Waals surface area contributed by atoms with Crippen LogP contribution in [0, 0.1) is 0 Å². The van der Waals surface area contributed by atoms with E-state index in [1.54, 1.807) is 34.1 Å². The summed E-state index contributed by atoms with van der Waals surface area (Å²) in [5.41, 5.74) is 1.05. The van der Waals surface area contributed by atoms with Crippen molar-refractivity contribution in [3.63, 3.8) is 0 Å². The van der Waals surface area contributed by atoms with Gasteiger partial charge in [0.15, 0.2) is 0 Å². The summed E-state index contributed by atoms with van der Waals surface area (Å²) in [6.07, 6.45) is 0.304. The fraction of sp³-hybridized carbons (Fsp3) is 0.471. The Balaban J connectivity index is 1.96. The van der Waals surface area contributed by atoms with Gasteiger partial charge in [0.25, 0.3) is 5.91 Å². The molecule has 0 spiro atoms. The first kappa shape index (κ1) is 18.6. The molecule has 0 saturated carbocycles. The number of carbonyl (C=O) groups excluding carboxylic acids is 3. The van der Waals surface area contributed by atoms with E-state index in [1.807, 2.05) is 6.92 Å². The van der Waals surface area contributed by atoms with E-state index in [4.69, 9.17) is 4.74 Å². The number of benzene rings is 1. The van der Waals surface area contributed by atoms with Crippen LogP contribution in [0.4, 0.5) is 15.3 Å². The molecule has 0 atom stereocenters. The van der Waals surface area contributed by atoms with E-state index >= 15 is 0 Å². The molecule has 2 N–H and O–H groups in total. The summed E-state index contributed by atoms with van der Waals surface area (Å²) < 4.78 is 4.72. The highest BCUT2D eigenvalue weighted by Crippen LogP contribution is 2.13. The Morgan fingerprint density at radius 2 is 1.84 bits per heavy atom. The van der Waals surface area contributed by atoms with Crippen LogP contribution in [0.3, 0.4) is 0 Å². The molecule has 0 radical (unpaired) electrons. The molecule has 25 heavy (non-hydrogen) atoms. The monoisotopic (exact) mass is 348 g/mol. The summed E-state index contributed by atoms with van der Waals surface area (Å²) >= 11 is 0. The van der Waals surface area contributed by atoms with Crippen LogP contribution >= 0.6 is 0 Å². The number of anilines is 1. The normalized spacial score (nSPS) is 14.5. The van der Waals surface area contributed by atoms with Gasteiger partial charge in [-0.2, -0.15) is 0 Å². The summed E-state index contributed by atoms with van der Waals surface area (Å²) in [7, 11) is 1.35. The maximum absolute atomic E-state index is 12.5. The minimum absolute atomic E-state index is 0.179. The molecule has 1 aromatic rings. The zero-order valence-corrected chi connectivity index (χ0v) is 14.6. The summed E-state index contributed by atoms with van der Waals surface area (Å²) in [6, 6.07) is 6.54. The molecule has 8 heteroatoms. The third-order valence-electron chi connectivity index (χ3n) is 3.93. The van der Waals surface area contributed by atoms with Crippen LogP contribution < -0.4 is 10.6 Å². The van der Waals surface area contributed by atoms with Gasteiger partial charge in [-0.1, -0.05) is 6.07 Å². The molecule has 0 aliphatic carbocycles. The van der Waals surface area contributed by atoms with Gasteiger partial charge in [0.2, 0.25) is 0 Å². The molecular formula is C17H24N4O4. The predicted molar refractivity (Wildman–Crippen MR) is 93.6 cm³/mol. The maximum Gasteiger partial charge on any atom is 0.409 e. The van der Waals surface area contributed by atoms with Gasteiger partial charge in [-0.05, 0) is 31.5 Å². The molecule has 0 bridgehead atoms. The number of amides is 4. The molecule has 1 fully saturated rings. The number of urea groups is 1. The first-order valence-electron chi connectivity index (χ1n) is 8.32. The van der Waals surface area contributed by atoms with Crippen molar-refractivity contribution in [2.24, 2.45) is 0 Å². The highest BCUT2D eigenvalue weighted by atomic mass is 16.5. The Morgan fingerprint density at radius 3 is 2.56 bits per heavy atom. The van der Waals surface area contributed by atoms with Crippen molar-refractivity contribution in [3.05, 3.63) is 29.8 Å². The molecule has 1 aromatic carbocycles. The lowest BCUT2D eigenvalue weighted by Crippen LogP contribution is -2.39. The number of rotatable bonds is 3. The van der Waals surface area contributed by atoms with E-state index in [-0.39, 0.29) is 18.0 Å². The van der Waals surface area contributed by atoms with Crippen LogP contribution in [-0.4, -0.2) is 67.7 Å². The molecule has 0 unspecified atom stereocenters. The molecule has 1 aliphatic heterocycles. The summed E-state index contributed by atoms with van der Waals surface area (Å²) in [5, 5.41) is 5.53. The number of nitrogens with one attached hydrogen (secondary N) is 2. The zero-order valence-electron chi connectivity index (χ0n) is 14.6. The van der Waals surface area contributed by atoms with Gasteiger partial charge in [0.1, 0.15) is 0 Å². The van der Waals surface area contributed by atoms with E-state index in [9.17, 15) is 14.4 Å². The van der Waals surface area contributed by atoms with Crippen molar-refractivity contribution in [1.29, 1.82) is 0 Å². The molecule has 136 valence electrons. The lowest BCUT2D eigenvalue weighted by atomic mass is 10.2. The first-order valence-corrected chi connectivity index (χ1v) is 8.32. The highest BCUT2D eigenvalue weighted by molar-refractivity contribution is 5.96. The molecule has 0 aromatic heterocycles. The average Bonchev–Trinajstić information content (AvgIpc) is 2.87. The van der Waals surface area contributed by atoms with Gasteiger partial charge in [-0.3, -0.25) is 4.79 Å². The lowest BCUT2D eigenvalue weighted by Gasteiger charge is -2.22. The van der Waals surface area contributed by atoms with E-state index < -0.39 is 0 Å². The van der Waals surface area contributed by atoms with Crippen molar-refractivity contribution in [2.45, 2.75) is 13.3 Å². The number of hydrogen-bond donors (Lipinski definition) is 2. The molecule has 1 aliphatic rings. The second-order valence-corrected chi connectivity index (χ2v) is 5.67. The van der Waals surface area contributed by atoms with Crippen molar-refractivity contribution in [1.82, 2.24) is 15.1 Å². The fourth-order valence-electron chi connectivity index (χ4n) is 2.64. The van der Waals surface area contributed by atoms with Crippen LogP contribution in [0.1, 0.15) is 23.7 Å². The van der Waals surface area contributed by atoms with Crippen molar-refractivity contribution in [2.75, 3.05) is 45.2 Å². The van der Waals surface area contributed by atoms with Crippen LogP contribution in [-0.2, 0) is 4.74 Å². The Labute approximate surface area is 147 Å². The summed E-state index contributed by atoms with van der Waals surface area (Å²) in [5.74, 6) is -0.179. The van der Waals surface area contributed by atoms with Crippen LogP contribution in [0.15, 0.2) is 24.3 Å². The van der Waals surface area contributed by atoms with Crippen LogP contribution in [0.25, 0.3) is 0 Å². The van der Waals surface area contributed by atoms with Gasteiger partial charge >= 0.3 is 12.1 Å². The molecular weight excluding hydrogens is 324 g/mol. The predicted octanol–water partition coefficient (Wildman–Crippen LogP) is 1.74. The van der Waals surface area contributed by atoms with Crippen LogP contribution in [0.5, 0.6) is 0 Å². The van der Waals surface area contributed by atoms with Crippen molar-refractivity contribution < 1.29 is 19.1 Å². The van der Waals surface area contributed by atoms with E-state index in [0.717, 1.165) is 0 Å². The topological polar surface area (TPSA) is 91.0 Å². The van der Waals surface area contributed by atoms with E-state index in [1.165, 1.54) is 7.11 Å².